The van der Waals surface area contributed by atoms with Crippen molar-refractivity contribution < 1.29 is 12.7 Å². The molecule has 0 fully saturated rings. The van der Waals surface area contributed by atoms with Gasteiger partial charge in [0.25, 0.3) is 0 Å². The first-order valence-corrected chi connectivity index (χ1v) is 7.63. The molecule has 6 nitrogen and oxygen atoms in total. The first kappa shape index (κ1) is 15.1. The molecule has 0 aliphatic carbocycles. The molecule has 0 aliphatic heterocycles. The molecule has 0 atom stereocenters. The minimum Gasteiger partial charge on any atom is -0.264 e. The molecule has 0 unspecified atom stereocenters. The van der Waals surface area contributed by atoms with Crippen molar-refractivity contribution in [3.63, 3.8) is 0 Å². The molecular weight excluding hydrogens is 290 g/mol. The fourth-order valence-electron chi connectivity index (χ4n) is 1.48. The summed E-state index contributed by atoms with van der Waals surface area (Å²) in [4.78, 5) is 8.21. The Kier molecular flexibility index (Phi) is 4.32. The van der Waals surface area contributed by atoms with Crippen LogP contribution in [0.5, 0.6) is 0 Å². The lowest BCUT2D eigenvalue weighted by atomic mass is 10.2. The van der Waals surface area contributed by atoms with Gasteiger partial charge in [-0.1, -0.05) is 22.9 Å². The summed E-state index contributed by atoms with van der Waals surface area (Å²) in [7, 11) is -3.92. The van der Waals surface area contributed by atoms with Gasteiger partial charge in [0.05, 0.1) is 11.9 Å². The molecule has 0 saturated carbocycles. The summed E-state index contributed by atoms with van der Waals surface area (Å²) in [5.41, 5.74) is 2.51. The van der Waals surface area contributed by atoms with E-state index in [0.29, 0.717) is 11.4 Å². The van der Waals surface area contributed by atoms with Gasteiger partial charge >= 0.3 is 10.1 Å². The number of nitrogens with zero attached hydrogens (tertiary/aromatic N) is 3. The van der Waals surface area contributed by atoms with Gasteiger partial charge in [-0.15, -0.1) is 0 Å². The van der Waals surface area contributed by atoms with Crippen molar-refractivity contribution in [2.45, 2.75) is 25.7 Å². The summed E-state index contributed by atoms with van der Waals surface area (Å²) < 4.78 is 28.6. The number of aromatic nitrogens is 2. The lowest BCUT2D eigenvalue weighted by molar-refractivity contribution is 0.338. The Bertz CT molecular complexity index is 751. The summed E-state index contributed by atoms with van der Waals surface area (Å²) in [6.07, 6.45) is 3.08. The van der Waals surface area contributed by atoms with Crippen molar-refractivity contribution in [1.29, 1.82) is 0 Å². The van der Waals surface area contributed by atoms with E-state index >= 15 is 0 Å². The first-order valence-electron chi connectivity index (χ1n) is 6.22. The Morgan fingerprint density at radius 3 is 2.33 bits per heavy atom. The van der Waals surface area contributed by atoms with Gasteiger partial charge in [-0.3, -0.25) is 14.3 Å². The maximum absolute atomic E-state index is 12.0. The van der Waals surface area contributed by atoms with Gasteiger partial charge in [-0.2, -0.15) is 8.42 Å². The smallest absolute Gasteiger partial charge is 0.264 e. The van der Waals surface area contributed by atoms with Gasteiger partial charge in [-0.05, 0) is 32.9 Å². The van der Waals surface area contributed by atoms with Crippen molar-refractivity contribution >= 4 is 15.8 Å². The fraction of sp³-hybridized carbons (Fsp3) is 0.214. The number of hydrogen-bond donors (Lipinski definition) is 0. The number of hydrogen-bond acceptors (Lipinski definition) is 6. The van der Waals surface area contributed by atoms with E-state index in [1.54, 1.807) is 25.3 Å². The molecule has 0 aliphatic rings. The highest BCUT2D eigenvalue weighted by atomic mass is 32.2. The fourth-order valence-corrected chi connectivity index (χ4v) is 2.24. The quantitative estimate of drug-likeness (QED) is 0.639. The second-order valence-electron chi connectivity index (χ2n) is 4.56. The molecule has 0 bridgehead atoms. The molecule has 110 valence electrons. The number of oxime groups is 1. The van der Waals surface area contributed by atoms with E-state index in [0.717, 1.165) is 11.3 Å². The molecular formula is C14H15N3O3S. The summed E-state index contributed by atoms with van der Waals surface area (Å²) >= 11 is 0. The highest BCUT2D eigenvalue weighted by molar-refractivity contribution is 7.86. The van der Waals surface area contributed by atoms with Crippen LogP contribution in [0.15, 0.2) is 46.7 Å². The maximum Gasteiger partial charge on any atom is 0.358 e. The van der Waals surface area contributed by atoms with E-state index in [1.165, 1.54) is 18.3 Å². The third-order valence-electron chi connectivity index (χ3n) is 2.73. The second-order valence-corrected chi connectivity index (χ2v) is 6.09. The average Bonchev–Trinajstić information content (AvgIpc) is 2.46. The highest BCUT2D eigenvalue weighted by Gasteiger charge is 2.15. The number of benzene rings is 1. The van der Waals surface area contributed by atoms with Crippen molar-refractivity contribution in [3.8, 4) is 0 Å². The van der Waals surface area contributed by atoms with E-state index in [9.17, 15) is 8.42 Å². The van der Waals surface area contributed by atoms with Crippen LogP contribution in [0.1, 0.15) is 23.9 Å². The van der Waals surface area contributed by atoms with E-state index in [1.807, 2.05) is 13.8 Å². The predicted octanol–water partition coefficient (Wildman–Crippen LogP) is 2.22. The third kappa shape index (κ3) is 3.85. The van der Waals surface area contributed by atoms with Crippen LogP contribution in [0.3, 0.4) is 0 Å². The van der Waals surface area contributed by atoms with E-state index in [4.69, 9.17) is 4.28 Å². The Balaban J connectivity index is 2.18. The van der Waals surface area contributed by atoms with Crippen molar-refractivity contribution in [2.24, 2.45) is 5.16 Å². The number of aryl methyl sites for hydroxylation is 2. The molecule has 0 N–H and O–H groups in total. The zero-order valence-corrected chi connectivity index (χ0v) is 12.8. The molecule has 7 heteroatoms. The minimum atomic E-state index is -3.92. The van der Waals surface area contributed by atoms with E-state index in [-0.39, 0.29) is 4.90 Å². The van der Waals surface area contributed by atoms with Crippen LogP contribution >= 0.6 is 0 Å². The van der Waals surface area contributed by atoms with Gasteiger partial charge in [0.1, 0.15) is 16.3 Å². The summed E-state index contributed by atoms with van der Waals surface area (Å²) in [5, 5.41) is 3.62. The first-order chi connectivity index (χ1) is 9.88. The predicted molar refractivity (Wildman–Crippen MR) is 78.4 cm³/mol. The van der Waals surface area contributed by atoms with Crippen LogP contribution in [0.25, 0.3) is 0 Å². The molecule has 1 heterocycles. The molecule has 0 radical (unpaired) electrons. The van der Waals surface area contributed by atoms with Crippen LogP contribution in [-0.2, 0) is 14.4 Å². The molecule has 2 aromatic rings. The molecule has 0 saturated heterocycles. The van der Waals surface area contributed by atoms with E-state index < -0.39 is 10.1 Å². The molecule has 0 spiro atoms. The Labute approximate surface area is 123 Å². The summed E-state index contributed by atoms with van der Waals surface area (Å²) in [6, 6.07) is 6.33. The monoisotopic (exact) mass is 305 g/mol. The second kappa shape index (κ2) is 6.01. The molecule has 21 heavy (non-hydrogen) atoms. The van der Waals surface area contributed by atoms with Crippen LogP contribution in [0.4, 0.5) is 0 Å². The molecule has 1 aromatic carbocycles. The van der Waals surface area contributed by atoms with Gasteiger partial charge < -0.3 is 0 Å². The Hall–Kier alpha value is -2.28. The molecule has 1 aromatic heterocycles. The van der Waals surface area contributed by atoms with Crippen LogP contribution in [0, 0.1) is 13.8 Å². The standard InChI is InChI=1S/C14H15N3O3S/c1-10-4-6-13(7-5-10)21(18,19)20-17-12(3)14-9-15-11(2)8-16-14/h4-9H,1-3H3/b17-12-. The minimum absolute atomic E-state index is 0.0552. The van der Waals surface area contributed by atoms with Crippen LogP contribution < -0.4 is 0 Å². The van der Waals surface area contributed by atoms with Crippen LogP contribution in [0.2, 0.25) is 0 Å². The maximum atomic E-state index is 12.0. The van der Waals surface area contributed by atoms with Crippen molar-refractivity contribution in [1.82, 2.24) is 9.97 Å². The average molecular weight is 305 g/mol. The lowest BCUT2D eigenvalue weighted by Crippen LogP contribution is -2.06. The zero-order valence-electron chi connectivity index (χ0n) is 11.9. The van der Waals surface area contributed by atoms with Crippen molar-refractivity contribution in [3.05, 3.63) is 53.6 Å². The molecule has 0 amide bonds. The normalized spacial score (nSPS) is 12.2. The Morgan fingerprint density at radius 1 is 1.10 bits per heavy atom. The lowest BCUT2D eigenvalue weighted by Gasteiger charge is -2.03. The topological polar surface area (TPSA) is 81.5 Å². The van der Waals surface area contributed by atoms with Gasteiger partial charge in [-0.25, -0.2) is 0 Å². The highest BCUT2D eigenvalue weighted by Crippen LogP contribution is 2.13. The van der Waals surface area contributed by atoms with Crippen molar-refractivity contribution in [2.75, 3.05) is 0 Å². The number of rotatable bonds is 4. The SMILES string of the molecule is C/C(=N/OS(=O)(=O)c1ccc(C)cc1)c1cnc(C)cn1. The Morgan fingerprint density at radius 2 is 1.76 bits per heavy atom. The zero-order chi connectivity index (χ0) is 15.5. The van der Waals surface area contributed by atoms with E-state index in [2.05, 4.69) is 15.1 Å². The van der Waals surface area contributed by atoms with Gasteiger partial charge in [0, 0.05) is 6.20 Å². The largest absolute Gasteiger partial charge is 0.358 e. The van der Waals surface area contributed by atoms with Gasteiger partial charge in [0.2, 0.25) is 0 Å². The third-order valence-corrected chi connectivity index (χ3v) is 3.85. The molecule has 2 rings (SSSR count). The summed E-state index contributed by atoms with van der Waals surface area (Å²) in [5.74, 6) is 0. The summed E-state index contributed by atoms with van der Waals surface area (Å²) in [6.45, 7) is 5.28. The van der Waals surface area contributed by atoms with Gasteiger partial charge in [0.15, 0.2) is 0 Å². The van der Waals surface area contributed by atoms with Crippen LogP contribution in [-0.4, -0.2) is 24.1 Å².